The van der Waals surface area contributed by atoms with Crippen LogP contribution in [0.5, 0.6) is 11.5 Å². The van der Waals surface area contributed by atoms with Crippen molar-refractivity contribution in [2.45, 2.75) is 13.2 Å². The number of amides is 1. The van der Waals surface area contributed by atoms with Crippen molar-refractivity contribution in [2.24, 2.45) is 0 Å². The molecular weight excluding hydrogens is 342 g/mol. The molecule has 0 unspecified atom stereocenters. The lowest BCUT2D eigenvalue weighted by molar-refractivity contribution is -0.0512. The van der Waals surface area contributed by atoms with Crippen LogP contribution in [-0.4, -0.2) is 31.6 Å². The quantitative estimate of drug-likeness (QED) is 0.738. The van der Waals surface area contributed by atoms with E-state index in [1.807, 2.05) is 0 Å². The van der Waals surface area contributed by atoms with Gasteiger partial charge in [-0.1, -0.05) is 6.07 Å². The molecule has 0 N–H and O–H groups in total. The molecule has 0 fully saturated rings. The molecular formula is C17H15F4NO3. The summed E-state index contributed by atoms with van der Waals surface area (Å²) in [5.74, 6) is -2.72. The molecule has 0 aliphatic heterocycles. The predicted molar refractivity (Wildman–Crippen MR) is 81.8 cm³/mol. The molecule has 1 amide bonds. The third-order valence-corrected chi connectivity index (χ3v) is 3.38. The largest absolute Gasteiger partial charge is 0.493 e. The molecule has 0 aliphatic rings. The highest BCUT2D eigenvalue weighted by atomic mass is 19.3. The number of carbonyl (C=O) groups is 1. The van der Waals surface area contributed by atoms with Gasteiger partial charge in [-0.05, 0) is 35.9 Å². The molecule has 0 aliphatic carbocycles. The summed E-state index contributed by atoms with van der Waals surface area (Å²) in [5.41, 5.74) is 0.572. The summed E-state index contributed by atoms with van der Waals surface area (Å²) in [6.45, 7) is -2.89. The molecule has 0 aromatic heterocycles. The third-order valence-electron chi connectivity index (χ3n) is 3.38. The maximum atomic E-state index is 13.2. The van der Waals surface area contributed by atoms with Gasteiger partial charge < -0.3 is 14.4 Å². The first kappa shape index (κ1) is 18.6. The molecule has 25 heavy (non-hydrogen) atoms. The molecule has 2 aromatic rings. The van der Waals surface area contributed by atoms with Gasteiger partial charge in [-0.15, -0.1) is 0 Å². The summed E-state index contributed by atoms with van der Waals surface area (Å²) in [6.07, 6.45) is 0. The molecule has 0 saturated heterocycles. The van der Waals surface area contributed by atoms with Crippen molar-refractivity contribution in [1.29, 1.82) is 0 Å². The number of rotatable bonds is 6. The number of carbonyl (C=O) groups excluding carboxylic acids is 1. The molecule has 2 rings (SSSR count). The second-order valence-electron chi connectivity index (χ2n) is 5.15. The molecule has 0 heterocycles. The van der Waals surface area contributed by atoms with Gasteiger partial charge in [0.25, 0.3) is 5.91 Å². The first-order valence-electron chi connectivity index (χ1n) is 7.14. The maximum Gasteiger partial charge on any atom is 0.387 e. The van der Waals surface area contributed by atoms with Crippen LogP contribution in [0.1, 0.15) is 15.9 Å². The lowest BCUT2D eigenvalue weighted by Gasteiger charge is -2.18. The van der Waals surface area contributed by atoms with E-state index in [0.717, 1.165) is 12.1 Å². The van der Waals surface area contributed by atoms with Crippen LogP contribution in [0.3, 0.4) is 0 Å². The van der Waals surface area contributed by atoms with Gasteiger partial charge in [-0.2, -0.15) is 8.78 Å². The molecule has 8 heteroatoms. The van der Waals surface area contributed by atoms with E-state index in [9.17, 15) is 22.4 Å². The van der Waals surface area contributed by atoms with E-state index in [0.29, 0.717) is 5.56 Å². The van der Waals surface area contributed by atoms with Crippen LogP contribution in [0.15, 0.2) is 36.4 Å². The predicted octanol–water partition coefficient (Wildman–Crippen LogP) is 3.85. The zero-order valence-corrected chi connectivity index (χ0v) is 13.4. The molecule has 0 spiro atoms. The molecule has 0 bridgehead atoms. The smallest absolute Gasteiger partial charge is 0.387 e. The maximum absolute atomic E-state index is 13.2. The Morgan fingerprint density at radius 1 is 1.08 bits per heavy atom. The highest BCUT2D eigenvalue weighted by Gasteiger charge is 2.16. The van der Waals surface area contributed by atoms with Gasteiger partial charge in [0.15, 0.2) is 23.1 Å². The van der Waals surface area contributed by atoms with Crippen LogP contribution in [0.2, 0.25) is 0 Å². The van der Waals surface area contributed by atoms with Gasteiger partial charge in [0, 0.05) is 19.2 Å². The number of hydrogen-bond acceptors (Lipinski definition) is 3. The van der Waals surface area contributed by atoms with Gasteiger partial charge in [-0.25, -0.2) is 8.78 Å². The third kappa shape index (κ3) is 4.62. The summed E-state index contributed by atoms with van der Waals surface area (Å²) in [7, 11) is 2.77. The average Bonchev–Trinajstić information content (AvgIpc) is 2.57. The van der Waals surface area contributed by atoms with Crippen molar-refractivity contribution in [3.05, 3.63) is 59.2 Å². The number of alkyl halides is 2. The lowest BCUT2D eigenvalue weighted by Crippen LogP contribution is -2.26. The fraction of sp³-hybridized carbons (Fsp3) is 0.235. The summed E-state index contributed by atoms with van der Waals surface area (Å²) >= 11 is 0. The standard InChI is InChI=1S/C17H15F4NO3/c1-22(16(23)11-4-5-12(18)13(19)8-11)9-10-3-6-14(25-17(20)21)15(7-10)24-2/h3-8,17H,9H2,1-2H3. The van der Waals surface area contributed by atoms with E-state index in [1.165, 1.54) is 43.3 Å². The van der Waals surface area contributed by atoms with Gasteiger partial charge >= 0.3 is 6.61 Å². The second-order valence-corrected chi connectivity index (χ2v) is 5.15. The van der Waals surface area contributed by atoms with Crippen molar-refractivity contribution in [1.82, 2.24) is 4.90 Å². The van der Waals surface area contributed by atoms with Gasteiger partial charge in [0.2, 0.25) is 0 Å². The van der Waals surface area contributed by atoms with Crippen molar-refractivity contribution in [2.75, 3.05) is 14.2 Å². The summed E-state index contributed by atoms with van der Waals surface area (Å²) in [4.78, 5) is 13.5. The number of methoxy groups -OCH3 is 1. The molecule has 0 saturated carbocycles. The van der Waals surface area contributed by atoms with Crippen molar-refractivity contribution < 1.29 is 31.8 Å². The van der Waals surface area contributed by atoms with Crippen LogP contribution >= 0.6 is 0 Å². The first-order valence-corrected chi connectivity index (χ1v) is 7.14. The van der Waals surface area contributed by atoms with Crippen molar-refractivity contribution in [3.8, 4) is 11.5 Å². The van der Waals surface area contributed by atoms with E-state index in [4.69, 9.17) is 4.74 Å². The van der Waals surface area contributed by atoms with Crippen LogP contribution in [0, 0.1) is 11.6 Å². The zero-order chi connectivity index (χ0) is 18.6. The Morgan fingerprint density at radius 2 is 1.80 bits per heavy atom. The molecule has 0 radical (unpaired) electrons. The van der Waals surface area contributed by atoms with Crippen molar-refractivity contribution >= 4 is 5.91 Å². The zero-order valence-electron chi connectivity index (χ0n) is 13.4. The minimum absolute atomic E-state index is 0.00832. The Hall–Kier alpha value is -2.77. The minimum atomic E-state index is -2.99. The van der Waals surface area contributed by atoms with Crippen LogP contribution < -0.4 is 9.47 Å². The Labute approximate surface area is 141 Å². The van der Waals surface area contributed by atoms with E-state index < -0.39 is 24.2 Å². The van der Waals surface area contributed by atoms with Crippen molar-refractivity contribution in [3.63, 3.8) is 0 Å². The topological polar surface area (TPSA) is 38.8 Å². The van der Waals surface area contributed by atoms with E-state index >= 15 is 0 Å². The van der Waals surface area contributed by atoms with E-state index in [1.54, 1.807) is 0 Å². The van der Waals surface area contributed by atoms with Gasteiger partial charge in [0.1, 0.15) is 0 Å². The molecule has 134 valence electrons. The molecule has 2 aromatic carbocycles. The Kier molecular flexibility index (Phi) is 5.84. The molecule has 0 atom stereocenters. The number of hydrogen-bond donors (Lipinski definition) is 0. The van der Waals surface area contributed by atoms with Crippen LogP contribution in [-0.2, 0) is 6.54 Å². The Morgan fingerprint density at radius 3 is 2.40 bits per heavy atom. The normalized spacial score (nSPS) is 10.7. The highest BCUT2D eigenvalue weighted by Crippen LogP contribution is 2.30. The monoisotopic (exact) mass is 357 g/mol. The number of nitrogens with zero attached hydrogens (tertiary/aromatic N) is 1. The lowest BCUT2D eigenvalue weighted by atomic mass is 10.1. The van der Waals surface area contributed by atoms with Gasteiger partial charge in [-0.3, -0.25) is 4.79 Å². The highest BCUT2D eigenvalue weighted by molar-refractivity contribution is 5.94. The molecule has 4 nitrogen and oxygen atoms in total. The fourth-order valence-corrected chi connectivity index (χ4v) is 2.20. The fourth-order valence-electron chi connectivity index (χ4n) is 2.20. The van der Waals surface area contributed by atoms with Crippen LogP contribution in [0.25, 0.3) is 0 Å². The number of halogens is 4. The number of ether oxygens (including phenoxy) is 2. The summed E-state index contributed by atoms with van der Waals surface area (Å²) in [5, 5.41) is 0. The second kappa shape index (κ2) is 7.87. The first-order chi connectivity index (χ1) is 11.8. The van der Waals surface area contributed by atoms with Crippen LogP contribution in [0.4, 0.5) is 17.6 Å². The van der Waals surface area contributed by atoms with E-state index in [2.05, 4.69) is 4.74 Å². The Balaban J connectivity index is 2.15. The van der Waals surface area contributed by atoms with E-state index in [-0.39, 0.29) is 23.6 Å². The average molecular weight is 357 g/mol. The summed E-state index contributed by atoms with van der Waals surface area (Å²) < 4.78 is 60.1. The Bertz CT molecular complexity index is 768. The SMILES string of the molecule is COc1cc(CN(C)C(=O)c2ccc(F)c(F)c2)ccc1OC(F)F. The summed E-state index contributed by atoms with van der Waals surface area (Å²) in [6, 6.07) is 7.11. The minimum Gasteiger partial charge on any atom is -0.493 e. The van der Waals surface area contributed by atoms with Gasteiger partial charge in [0.05, 0.1) is 7.11 Å². The number of benzene rings is 2.